The van der Waals surface area contributed by atoms with Gasteiger partial charge < -0.3 is 15.4 Å². The Labute approximate surface area is 125 Å². The van der Waals surface area contributed by atoms with E-state index in [4.69, 9.17) is 22.1 Å². The smallest absolute Gasteiger partial charge is 0.265 e. The molecule has 108 valence electrons. The zero-order valence-corrected chi connectivity index (χ0v) is 11.7. The van der Waals surface area contributed by atoms with E-state index in [9.17, 15) is 9.18 Å². The maximum atomic E-state index is 13.9. The van der Waals surface area contributed by atoms with Crippen molar-refractivity contribution in [3.8, 4) is 5.75 Å². The van der Waals surface area contributed by atoms with Crippen LogP contribution in [0.15, 0.2) is 36.4 Å². The first-order valence-electron chi connectivity index (χ1n) is 6.32. The first-order valence-corrected chi connectivity index (χ1v) is 6.69. The lowest BCUT2D eigenvalue weighted by Crippen LogP contribution is -2.38. The van der Waals surface area contributed by atoms with Gasteiger partial charge in [0.2, 0.25) is 0 Å². The normalized spacial score (nSPS) is 13.8. The Kier molecular flexibility index (Phi) is 3.43. The third kappa shape index (κ3) is 2.52. The number of carbonyl (C=O) groups is 1. The number of fused-ring (bicyclic) bond motifs is 1. The molecule has 4 nitrogen and oxygen atoms in total. The second kappa shape index (κ2) is 5.26. The Morgan fingerprint density at radius 1 is 1.33 bits per heavy atom. The van der Waals surface area contributed by atoms with Crippen LogP contribution in [0.3, 0.4) is 0 Å². The van der Waals surface area contributed by atoms with Crippen molar-refractivity contribution in [2.24, 2.45) is 0 Å². The van der Waals surface area contributed by atoms with Crippen LogP contribution in [-0.4, -0.2) is 12.5 Å². The molecule has 0 aromatic heterocycles. The second-order valence-corrected chi connectivity index (χ2v) is 5.10. The highest BCUT2D eigenvalue weighted by atomic mass is 35.5. The SMILES string of the molecule is Nc1ccc2c(c1)N(Cc1c(F)cccc1Cl)C(=O)CO2. The molecule has 0 saturated carbocycles. The average molecular weight is 307 g/mol. The Morgan fingerprint density at radius 2 is 2.14 bits per heavy atom. The number of nitrogens with zero attached hydrogens (tertiary/aromatic N) is 1. The van der Waals surface area contributed by atoms with Gasteiger partial charge in [0.25, 0.3) is 5.91 Å². The van der Waals surface area contributed by atoms with E-state index in [1.165, 1.54) is 17.0 Å². The zero-order chi connectivity index (χ0) is 15.0. The summed E-state index contributed by atoms with van der Waals surface area (Å²) in [5.74, 6) is -0.184. The quantitative estimate of drug-likeness (QED) is 0.868. The summed E-state index contributed by atoms with van der Waals surface area (Å²) in [5.41, 5.74) is 7.03. The molecule has 0 radical (unpaired) electrons. The molecule has 0 aliphatic carbocycles. The van der Waals surface area contributed by atoms with Crippen molar-refractivity contribution in [3.05, 3.63) is 52.8 Å². The summed E-state index contributed by atoms with van der Waals surface area (Å²) >= 11 is 6.02. The van der Waals surface area contributed by atoms with Crippen molar-refractivity contribution in [1.82, 2.24) is 0 Å². The van der Waals surface area contributed by atoms with Gasteiger partial charge in [0, 0.05) is 16.3 Å². The van der Waals surface area contributed by atoms with Gasteiger partial charge in [-0.2, -0.15) is 0 Å². The average Bonchev–Trinajstić information content (AvgIpc) is 2.45. The number of benzene rings is 2. The summed E-state index contributed by atoms with van der Waals surface area (Å²) in [7, 11) is 0. The van der Waals surface area contributed by atoms with Crippen molar-refractivity contribution in [1.29, 1.82) is 0 Å². The van der Waals surface area contributed by atoms with Crippen LogP contribution in [0, 0.1) is 5.82 Å². The Bertz CT molecular complexity index is 701. The van der Waals surface area contributed by atoms with Crippen LogP contribution in [0.4, 0.5) is 15.8 Å². The first kappa shape index (κ1) is 13.7. The molecule has 0 atom stereocenters. The Morgan fingerprint density at radius 3 is 2.90 bits per heavy atom. The van der Waals surface area contributed by atoms with Gasteiger partial charge in [-0.15, -0.1) is 0 Å². The van der Waals surface area contributed by atoms with Crippen LogP contribution in [-0.2, 0) is 11.3 Å². The van der Waals surface area contributed by atoms with Crippen LogP contribution >= 0.6 is 11.6 Å². The van der Waals surface area contributed by atoms with E-state index in [1.807, 2.05) is 0 Å². The number of rotatable bonds is 2. The summed E-state index contributed by atoms with van der Waals surface area (Å²) in [4.78, 5) is 13.5. The zero-order valence-electron chi connectivity index (χ0n) is 11.0. The molecule has 6 heteroatoms. The van der Waals surface area contributed by atoms with Crippen molar-refractivity contribution in [2.75, 3.05) is 17.2 Å². The predicted octanol–water partition coefficient (Wildman–Crippen LogP) is 2.99. The molecule has 0 fully saturated rings. The number of halogens is 2. The fraction of sp³-hybridized carbons (Fsp3) is 0.133. The van der Waals surface area contributed by atoms with E-state index >= 15 is 0 Å². The highest BCUT2D eigenvalue weighted by Crippen LogP contribution is 2.35. The van der Waals surface area contributed by atoms with Gasteiger partial charge in [-0.05, 0) is 30.3 Å². The number of anilines is 2. The fourth-order valence-corrected chi connectivity index (χ4v) is 2.46. The molecule has 2 aromatic rings. The van der Waals surface area contributed by atoms with Gasteiger partial charge in [-0.1, -0.05) is 17.7 Å². The van der Waals surface area contributed by atoms with E-state index in [-0.39, 0.29) is 29.6 Å². The van der Waals surface area contributed by atoms with Gasteiger partial charge >= 0.3 is 0 Å². The van der Waals surface area contributed by atoms with Crippen LogP contribution < -0.4 is 15.4 Å². The largest absolute Gasteiger partial charge is 0.482 e. The highest BCUT2D eigenvalue weighted by Gasteiger charge is 2.27. The van der Waals surface area contributed by atoms with Crippen molar-refractivity contribution >= 4 is 28.9 Å². The topological polar surface area (TPSA) is 55.6 Å². The minimum atomic E-state index is -0.452. The van der Waals surface area contributed by atoms with E-state index in [0.29, 0.717) is 17.1 Å². The van der Waals surface area contributed by atoms with Gasteiger partial charge in [0.1, 0.15) is 11.6 Å². The molecule has 0 spiro atoms. The molecule has 2 N–H and O–H groups in total. The molecule has 1 aliphatic heterocycles. The third-order valence-electron chi connectivity index (χ3n) is 3.30. The molecule has 3 rings (SSSR count). The first-order chi connectivity index (χ1) is 10.1. The van der Waals surface area contributed by atoms with Gasteiger partial charge in [-0.3, -0.25) is 4.79 Å². The lowest BCUT2D eigenvalue weighted by molar-refractivity contribution is -0.121. The minimum Gasteiger partial charge on any atom is -0.482 e. The van der Waals surface area contributed by atoms with Crippen molar-refractivity contribution in [2.45, 2.75) is 6.54 Å². The predicted molar refractivity (Wildman–Crippen MR) is 78.9 cm³/mol. The van der Waals surface area contributed by atoms with Crippen LogP contribution in [0.25, 0.3) is 0 Å². The molecular formula is C15H12ClFN2O2. The van der Waals surface area contributed by atoms with E-state index < -0.39 is 5.82 Å². The standard InChI is InChI=1S/C15H12ClFN2O2/c16-11-2-1-3-12(17)10(11)7-19-13-6-9(18)4-5-14(13)21-8-15(19)20/h1-6H,7-8,18H2. The molecular weight excluding hydrogens is 295 g/mol. The van der Waals surface area contributed by atoms with Crippen LogP contribution in [0.2, 0.25) is 5.02 Å². The summed E-state index contributed by atoms with van der Waals surface area (Å²) in [5, 5.41) is 0.278. The summed E-state index contributed by atoms with van der Waals surface area (Å²) in [6.45, 7) is -0.0624. The van der Waals surface area contributed by atoms with Crippen LogP contribution in [0.1, 0.15) is 5.56 Å². The second-order valence-electron chi connectivity index (χ2n) is 4.70. The van der Waals surface area contributed by atoms with Crippen molar-refractivity contribution in [3.63, 3.8) is 0 Å². The third-order valence-corrected chi connectivity index (χ3v) is 3.66. The number of carbonyl (C=O) groups excluding carboxylic acids is 1. The lowest BCUT2D eigenvalue weighted by Gasteiger charge is -2.30. The monoisotopic (exact) mass is 306 g/mol. The number of amides is 1. The maximum Gasteiger partial charge on any atom is 0.265 e. The molecule has 2 aromatic carbocycles. The Balaban J connectivity index is 2.03. The lowest BCUT2D eigenvalue weighted by atomic mass is 10.1. The maximum absolute atomic E-state index is 13.9. The molecule has 1 heterocycles. The number of hydrogen-bond acceptors (Lipinski definition) is 3. The molecule has 1 amide bonds. The summed E-state index contributed by atoms with van der Waals surface area (Å²) in [6.07, 6.45) is 0. The molecule has 0 unspecified atom stereocenters. The van der Waals surface area contributed by atoms with Crippen LogP contribution in [0.5, 0.6) is 5.75 Å². The van der Waals surface area contributed by atoms with E-state index in [2.05, 4.69) is 0 Å². The Hall–Kier alpha value is -2.27. The highest BCUT2D eigenvalue weighted by molar-refractivity contribution is 6.31. The van der Waals surface area contributed by atoms with Gasteiger partial charge in [0.05, 0.1) is 12.2 Å². The summed E-state index contributed by atoms with van der Waals surface area (Å²) < 4.78 is 19.3. The fourth-order valence-electron chi connectivity index (χ4n) is 2.23. The molecule has 0 bridgehead atoms. The molecule has 21 heavy (non-hydrogen) atoms. The number of nitrogen functional groups attached to an aromatic ring is 1. The number of hydrogen-bond donors (Lipinski definition) is 1. The number of nitrogens with two attached hydrogens (primary N) is 1. The van der Waals surface area contributed by atoms with Crippen molar-refractivity contribution < 1.29 is 13.9 Å². The molecule has 0 saturated heterocycles. The summed E-state index contributed by atoms with van der Waals surface area (Å²) in [6, 6.07) is 9.42. The van der Waals surface area contributed by atoms with Gasteiger partial charge in [0.15, 0.2) is 6.61 Å². The van der Waals surface area contributed by atoms with Gasteiger partial charge in [-0.25, -0.2) is 4.39 Å². The molecule has 1 aliphatic rings. The van der Waals surface area contributed by atoms with E-state index in [0.717, 1.165) is 0 Å². The number of ether oxygens (including phenoxy) is 1. The minimum absolute atomic E-state index is 0.0319. The van der Waals surface area contributed by atoms with E-state index in [1.54, 1.807) is 24.3 Å².